The summed E-state index contributed by atoms with van der Waals surface area (Å²) < 4.78 is 10.9. The van der Waals surface area contributed by atoms with E-state index in [0.717, 1.165) is 34.3 Å². The Morgan fingerprint density at radius 2 is 1.88 bits per heavy atom. The quantitative estimate of drug-likeness (QED) is 0.741. The number of hydrogen-bond acceptors (Lipinski definition) is 3. The molecule has 25 heavy (non-hydrogen) atoms. The molecule has 1 amide bonds. The number of carbonyl (C=O) groups excluding carboxylic acids is 1. The average molecular weight is 337 g/mol. The lowest BCUT2D eigenvalue weighted by Gasteiger charge is -2.09. The molecule has 0 aliphatic rings. The maximum Gasteiger partial charge on any atom is 0.224 e. The maximum atomic E-state index is 12.3. The van der Waals surface area contributed by atoms with Crippen molar-refractivity contribution in [1.82, 2.24) is 5.32 Å². The number of nitrogens with one attached hydrogen (secondary N) is 1. The Labute approximate surface area is 147 Å². The van der Waals surface area contributed by atoms with E-state index in [0.29, 0.717) is 13.0 Å². The van der Waals surface area contributed by atoms with Crippen molar-refractivity contribution in [2.24, 2.45) is 0 Å². The number of benzene rings is 2. The average Bonchev–Trinajstić information content (AvgIpc) is 2.97. The van der Waals surface area contributed by atoms with Gasteiger partial charge in [0.25, 0.3) is 0 Å². The number of carbonyl (C=O) groups is 1. The third-order valence-electron chi connectivity index (χ3n) is 4.53. The largest absolute Gasteiger partial charge is 0.496 e. The minimum absolute atomic E-state index is 0.00386. The molecule has 1 aromatic heterocycles. The highest BCUT2D eigenvalue weighted by Crippen LogP contribution is 2.25. The first-order valence-electron chi connectivity index (χ1n) is 8.44. The molecule has 0 saturated carbocycles. The van der Waals surface area contributed by atoms with E-state index in [1.54, 1.807) is 13.4 Å². The van der Waals surface area contributed by atoms with Crippen LogP contribution in [-0.2, 0) is 17.6 Å². The molecule has 4 nitrogen and oxygen atoms in total. The molecular formula is C21H23NO3. The van der Waals surface area contributed by atoms with Crippen LogP contribution in [-0.4, -0.2) is 19.6 Å². The van der Waals surface area contributed by atoms with Gasteiger partial charge in [-0.2, -0.15) is 0 Å². The normalized spacial score (nSPS) is 10.8. The zero-order chi connectivity index (χ0) is 17.8. The fourth-order valence-corrected chi connectivity index (χ4v) is 2.95. The van der Waals surface area contributed by atoms with Crippen LogP contribution in [0.2, 0.25) is 0 Å². The molecule has 0 aliphatic carbocycles. The van der Waals surface area contributed by atoms with Crippen LogP contribution in [0.15, 0.2) is 47.1 Å². The van der Waals surface area contributed by atoms with Crippen molar-refractivity contribution in [2.75, 3.05) is 13.7 Å². The van der Waals surface area contributed by atoms with Crippen LogP contribution in [0.25, 0.3) is 11.0 Å². The first-order valence-corrected chi connectivity index (χ1v) is 8.44. The summed E-state index contributed by atoms with van der Waals surface area (Å²) in [4.78, 5) is 12.3. The third kappa shape index (κ3) is 3.85. The molecule has 0 bridgehead atoms. The molecule has 0 saturated heterocycles. The standard InChI is InChI=1S/C21H23NO3/c1-14-10-18-17(13-25-20(18)11-15(14)2)12-21(23)22-9-8-16-6-4-5-7-19(16)24-3/h4-7,10-11,13H,8-9,12H2,1-3H3,(H,22,23). The summed E-state index contributed by atoms with van der Waals surface area (Å²) in [6.07, 6.45) is 2.74. The zero-order valence-electron chi connectivity index (χ0n) is 14.9. The Morgan fingerprint density at radius 1 is 1.12 bits per heavy atom. The molecular weight excluding hydrogens is 314 g/mol. The van der Waals surface area contributed by atoms with Crippen LogP contribution in [0.1, 0.15) is 22.3 Å². The molecule has 0 aliphatic heterocycles. The Morgan fingerprint density at radius 3 is 2.68 bits per heavy atom. The van der Waals surface area contributed by atoms with Gasteiger partial charge >= 0.3 is 0 Å². The monoisotopic (exact) mass is 337 g/mol. The molecule has 3 aromatic rings. The molecule has 1 N–H and O–H groups in total. The highest BCUT2D eigenvalue weighted by molar-refractivity contribution is 5.88. The van der Waals surface area contributed by atoms with Gasteiger partial charge in [-0.1, -0.05) is 18.2 Å². The Kier molecular flexibility index (Phi) is 5.08. The lowest BCUT2D eigenvalue weighted by atomic mass is 10.0. The van der Waals surface area contributed by atoms with E-state index in [1.165, 1.54) is 11.1 Å². The molecule has 3 rings (SSSR count). The molecule has 0 fully saturated rings. The second-order valence-electron chi connectivity index (χ2n) is 6.28. The molecule has 0 unspecified atom stereocenters. The van der Waals surface area contributed by atoms with Crippen molar-refractivity contribution < 1.29 is 13.9 Å². The van der Waals surface area contributed by atoms with E-state index in [4.69, 9.17) is 9.15 Å². The van der Waals surface area contributed by atoms with E-state index in [2.05, 4.69) is 25.2 Å². The van der Waals surface area contributed by atoms with Gasteiger partial charge in [0.2, 0.25) is 5.91 Å². The smallest absolute Gasteiger partial charge is 0.224 e. The third-order valence-corrected chi connectivity index (χ3v) is 4.53. The number of hydrogen-bond donors (Lipinski definition) is 1. The van der Waals surface area contributed by atoms with Crippen molar-refractivity contribution in [3.8, 4) is 5.75 Å². The zero-order valence-corrected chi connectivity index (χ0v) is 14.9. The Balaban J connectivity index is 1.61. The number of furan rings is 1. The van der Waals surface area contributed by atoms with Crippen LogP contribution in [0, 0.1) is 13.8 Å². The summed E-state index contributed by atoms with van der Waals surface area (Å²) in [5.41, 5.74) is 5.24. The Bertz CT molecular complexity index is 895. The second-order valence-corrected chi connectivity index (χ2v) is 6.28. The molecule has 4 heteroatoms. The van der Waals surface area contributed by atoms with Crippen molar-refractivity contribution in [2.45, 2.75) is 26.7 Å². The van der Waals surface area contributed by atoms with Crippen LogP contribution >= 0.6 is 0 Å². The van der Waals surface area contributed by atoms with Gasteiger partial charge in [-0.05, 0) is 55.2 Å². The van der Waals surface area contributed by atoms with Crippen LogP contribution in [0.5, 0.6) is 5.75 Å². The summed E-state index contributed by atoms with van der Waals surface area (Å²) in [5.74, 6) is 0.847. The molecule has 2 aromatic carbocycles. The van der Waals surface area contributed by atoms with Crippen molar-refractivity contribution >= 4 is 16.9 Å². The summed E-state index contributed by atoms with van der Waals surface area (Å²) in [7, 11) is 1.66. The summed E-state index contributed by atoms with van der Waals surface area (Å²) >= 11 is 0. The summed E-state index contributed by atoms with van der Waals surface area (Å²) in [6, 6.07) is 12.0. The molecule has 0 radical (unpaired) electrons. The van der Waals surface area contributed by atoms with Crippen molar-refractivity contribution in [3.63, 3.8) is 0 Å². The number of rotatable bonds is 6. The van der Waals surface area contributed by atoms with E-state index in [1.807, 2.05) is 30.3 Å². The minimum Gasteiger partial charge on any atom is -0.496 e. The Hall–Kier alpha value is -2.75. The van der Waals surface area contributed by atoms with Gasteiger partial charge in [-0.15, -0.1) is 0 Å². The van der Waals surface area contributed by atoms with Gasteiger partial charge in [0.1, 0.15) is 11.3 Å². The summed E-state index contributed by atoms with van der Waals surface area (Å²) in [6.45, 7) is 4.70. The van der Waals surface area contributed by atoms with E-state index in [-0.39, 0.29) is 5.91 Å². The second kappa shape index (κ2) is 7.43. The van der Waals surface area contributed by atoms with Crippen LogP contribution in [0.3, 0.4) is 0 Å². The lowest BCUT2D eigenvalue weighted by Crippen LogP contribution is -2.27. The highest BCUT2D eigenvalue weighted by atomic mass is 16.5. The number of para-hydroxylation sites is 1. The van der Waals surface area contributed by atoms with Gasteiger partial charge in [0.15, 0.2) is 0 Å². The lowest BCUT2D eigenvalue weighted by molar-refractivity contribution is -0.120. The van der Waals surface area contributed by atoms with Gasteiger partial charge in [0, 0.05) is 17.5 Å². The minimum atomic E-state index is -0.00386. The number of methoxy groups -OCH3 is 1. The first kappa shape index (κ1) is 17.1. The van der Waals surface area contributed by atoms with Crippen LogP contribution < -0.4 is 10.1 Å². The van der Waals surface area contributed by atoms with Crippen molar-refractivity contribution in [1.29, 1.82) is 0 Å². The fraction of sp³-hybridized carbons (Fsp3) is 0.286. The number of fused-ring (bicyclic) bond motifs is 1. The van der Waals surface area contributed by atoms with Gasteiger partial charge < -0.3 is 14.5 Å². The van der Waals surface area contributed by atoms with Crippen LogP contribution in [0.4, 0.5) is 0 Å². The molecule has 130 valence electrons. The topological polar surface area (TPSA) is 51.5 Å². The number of aryl methyl sites for hydroxylation is 2. The van der Waals surface area contributed by atoms with E-state index >= 15 is 0 Å². The van der Waals surface area contributed by atoms with E-state index in [9.17, 15) is 4.79 Å². The van der Waals surface area contributed by atoms with Gasteiger partial charge in [-0.25, -0.2) is 0 Å². The fourth-order valence-electron chi connectivity index (χ4n) is 2.95. The van der Waals surface area contributed by atoms with Gasteiger partial charge in [-0.3, -0.25) is 4.79 Å². The highest BCUT2D eigenvalue weighted by Gasteiger charge is 2.12. The first-order chi connectivity index (χ1) is 12.1. The van der Waals surface area contributed by atoms with Crippen molar-refractivity contribution in [3.05, 3.63) is 64.9 Å². The molecule has 0 atom stereocenters. The summed E-state index contributed by atoms with van der Waals surface area (Å²) in [5, 5.41) is 3.99. The maximum absolute atomic E-state index is 12.3. The SMILES string of the molecule is COc1ccccc1CCNC(=O)Cc1coc2cc(C)c(C)cc12. The molecule has 0 spiro atoms. The number of ether oxygens (including phenoxy) is 1. The predicted octanol–water partition coefficient (Wildman–Crippen LogP) is 3.96. The molecule has 1 heterocycles. The van der Waals surface area contributed by atoms with Gasteiger partial charge in [0.05, 0.1) is 19.8 Å². The predicted molar refractivity (Wildman–Crippen MR) is 99.1 cm³/mol. The van der Waals surface area contributed by atoms with E-state index < -0.39 is 0 Å². The number of amides is 1.